The lowest BCUT2D eigenvalue weighted by atomic mass is 10.00. The van der Waals surface area contributed by atoms with Crippen molar-refractivity contribution in [1.29, 1.82) is 0 Å². The Hall–Kier alpha value is -1.30. The minimum absolute atomic E-state index is 0.0448. The summed E-state index contributed by atoms with van der Waals surface area (Å²) in [7, 11) is 0. The summed E-state index contributed by atoms with van der Waals surface area (Å²) < 4.78 is 0. The third-order valence-corrected chi connectivity index (χ3v) is 3.06. The van der Waals surface area contributed by atoms with Crippen molar-refractivity contribution in [2.24, 2.45) is 5.73 Å². The van der Waals surface area contributed by atoms with E-state index >= 15 is 0 Å². The van der Waals surface area contributed by atoms with E-state index in [4.69, 9.17) is 34.0 Å². The van der Waals surface area contributed by atoms with Crippen LogP contribution in [0.3, 0.4) is 0 Å². The summed E-state index contributed by atoms with van der Waals surface area (Å²) in [5.74, 6) is -1.57. The Morgan fingerprint density at radius 1 is 1.35 bits per heavy atom. The summed E-state index contributed by atoms with van der Waals surface area (Å²) in [5, 5.41) is 11.9. The maximum absolute atomic E-state index is 11.8. The average molecular weight is 319 g/mol. The second kappa shape index (κ2) is 6.43. The Labute approximate surface area is 127 Å². The fourth-order valence-corrected chi connectivity index (χ4v) is 2.05. The van der Waals surface area contributed by atoms with E-state index in [9.17, 15) is 9.59 Å². The van der Waals surface area contributed by atoms with Crippen LogP contribution in [0, 0.1) is 0 Å². The number of hydrogen-bond donors (Lipinski definition) is 3. The number of carbonyl (C=O) groups is 2. The lowest BCUT2D eigenvalue weighted by Crippen LogP contribution is -2.33. The van der Waals surface area contributed by atoms with E-state index in [-0.39, 0.29) is 33.6 Å². The summed E-state index contributed by atoms with van der Waals surface area (Å²) in [5.41, 5.74) is 5.21. The van der Waals surface area contributed by atoms with Crippen LogP contribution in [-0.4, -0.2) is 22.5 Å². The fourth-order valence-electron chi connectivity index (χ4n) is 1.51. The number of rotatable bonds is 5. The zero-order valence-corrected chi connectivity index (χ0v) is 12.7. The molecule has 0 fully saturated rings. The van der Waals surface area contributed by atoms with Gasteiger partial charge in [0.2, 0.25) is 5.91 Å². The van der Waals surface area contributed by atoms with E-state index in [0.29, 0.717) is 6.42 Å². The van der Waals surface area contributed by atoms with E-state index in [1.165, 1.54) is 12.1 Å². The average Bonchev–Trinajstić information content (AvgIpc) is 2.28. The topological polar surface area (TPSA) is 92.4 Å². The van der Waals surface area contributed by atoms with Gasteiger partial charge < -0.3 is 16.2 Å². The van der Waals surface area contributed by atoms with Crippen molar-refractivity contribution in [2.45, 2.75) is 32.2 Å². The minimum Gasteiger partial charge on any atom is -0.478 e. The number of aromatic carboxylic acids is 1. The number of carboxylic acid groups (broad SMARTS) is 1. The van der Waals surface area contributed by atoms with Gasteiger partial charge in [-0.25, -0.2) is 4.79 Å². The van der Waals surface area contributed by atoms with Crippen LogP contribution in [0.5, 0.6) is 0 Å². The van der Waals surface area contributed by atoms with Crippen molar-refractivity contribution in [3.05, 3.63) is 27.7 Å². The van der Waals surface area contributed by atoms with Gasteiger partial charge in [-0.05, 0) is 32.4 Å². The molecule has 4 N–H and O–H groups in total. The first-order valence-electron chi connectivity index (χ1n) is 5.91. The second-order valence-electron chi connectivity index (χ2n) is 5.15. The van der Waals surface area contributed by atoms with Crippen LogP contribution < -0.4 is 11.1 Å². The molecule has 0 aliphatic rings. The minimum atomic E-state index is -1.22. The van der Waals surface area contributed by atoms with E-state index in [1.54, 1.807) is 13.8 Å². The number of halogens is 2. The first-order valence-corrected chi connectivity index (χ1v) is 6.67. The quantitative estimate of drug-likeness (QED) is 0.777. The normalized spacial score (nSPS) is 11.2. The van der Waals surface area contributed by atoms with Crippen molar-refractivity contribution in [2.75, 3.05) is 5.32 Å². The molecule has 0 saturated heterocycles. The zero-order chi connectivity index (χ0) is 15.5. The zero-order valence-electron chi connectivity index (χ0n) is 11.2. The first-order chi connectivity index (χ1) is 9.10. The van der Waals surface area contributed by atoms with Gasteiger partial charge in [0.05, 0.1) is 16.3 Å². The number of benzene rings is 1. The highest BCUT2D eigenvalue weighted by atomic mass is 35.5. The number of amides is 1. The maximum Gasteiger partial charge on any atom is 0.337 e. The molecular formula is C13H16Cl2N2O3. The van der Waals surface area contributed by atoms with Crippen LogP contribution in [0.4, 0.5) is 5.69 Å². The monoisotopic (exact) mass is 318 g/mol. The lowest BCUT2D eigenvalue weighted by molar-refractivity contribution is -0.116. The number of hydrogen-bond acceptors (Lipinski definition) is 3. The molecule has 1 amide bonds. The summed E-state index contributed by atoms with van der Waals surface area (Å²) in [6, 6.07) is 2.61. The first kappa shape index (κ1) is 16.8. The summed E-state index contributed by atoms with van der Waals surface area (Å²) in [6.45, 7) is 3.61. The highest BCUT2D eigenvalue weighted by molar-refractivity contribution is 6.37. The van der Waals surface area contributed by atoms with E-state index in [2.05, 4.69) is 5.32 Å². The molecule has 110 valence electrons. The van der Waals surface area contributed by atoms with Crippen LogP contribution in [0.25, 0.3) is 0 Å². The Kier molecular flexibility index (Phi) is 5.39. The molecular weight excluding hydrogens is 303 g/mol. The number of carbonyl (C=O) groups excluding carboxylic acids is 1. The molecule has 0 heterocycles. The Bertz CT molecular complexity index is 539. The van der Waals surface area contributed by atoms with Gasteiger partial charge in [-0.15, -0.1) is 0 Å². The summed E-state index contributed by atoms with van der Waals surface area (Å²) in [6.07, 6.45) is 0.633. The molecule has 0 bridgehead atoms. The Morgan fingerprint density at radius 3 is 2.45 bits per heavy atom. The standard InChI is InChI=1S/C13H16Cl2N2O3/c1-13(2,16)4-3-10(18)17-11-8(12(19)20)5-7(14)6-9(11)15/h5-6H,3-4,16H2,1-2H3,(H,17,18)(H,19,20). The van der Waals surface area contributed by atoms with Crippen molar-refractivity contribution in [3.63, 3.8) is 0 Å². The van der Waals surface area contributed by atoms with Crippen LogP contribution >= 0.6 is 23.2 Å². The molecule has 7 heteroatoms. The Morgan fingerprint density at radius 2 is 1.95 bits per heavy atom. The molecule has 0 radical (unpaired) electrons. The number of anilines is 1. The van der Waals surface area contributed by atoms with Gasteiger partial charge in [0.25, 0.3) is 0 Å². The van der Waals surface area contributed by atoms with Gasteiger partial charge in [0, 0.05) is 17.0 Å². The van der Waals surface area contributed by atoms with Crippen molar-refractivity contribution in [3.8, 4) is 0 Å². The van der Waals surface area contributed by atoms with Gasteiger partial charge in [-0.3, -0.25) is 4.79 Å². The van der Waals surface area contributed by atoms with Crippen LogP contribution in [0.2, 0.25) is 10.0 Å². The molecule has 0 spiro atoms. The Balaban J connectivity index is 2.92. The lowest BCUT2D eigenvalue weighted by Gasteiger charge is -2.18. The van der Waals surface area contributed by atoms with Crippen molar-refractivity contribution >= 4 is 40.8 Å². The third kappa shape index (κ3) is 5.00. The fraction of sp³-hybridized carbons (Fsp3) is 0.385. The van der Waals surface area contributed by atoms with Crippen molar-refractivity contribution < 1.29 is 14.7 Å². The predicted molar refractivity (Wildman–Crippen MR) is 79.6 cm³/mol. The van der Waals surface area contributed by atoms with Gasteiger partial charge in [0.15, 0.2) is 0 Å². The molecule has 0 unspecified atom stereocenters. The molecule has 0 aliphatic heterocycles. The molecule has 1 aromatic rings. The van der Waals surface area contributed by atoms with E-state index in [1.807, 2.05) is 0 Å². The largest absolute Gasteiger partial charge is 0.478 e. The second-order valence-corrected chi connectivity index (χ2v) is 6.00. The molecule has 0 atom stereocenters. The van der Waals surface area contributed by atoms with Gasteiger partial charge in [-0.1, -0.05) is 23.2 Å². The number of nitrogens with two attached hydrogens (primary N) is 1. The molecule has 0 aromatic heterocycles. The number of nitrogens with one attached hydrogen (secondary N) is 1. The highest BCUT2D eigenvalue weighted by Crippen LogP contribution is 2.30. The molecule has 5 nitrogen and oxygen atoms in total. The maximum atomic E-state index is 11.8. The summed E-state index contributed by atoms with van der Waals surface area (Å²) in [4.78, 5) is 23.0. The predicted octanol–water partition coefficient (Wildman–Crippen LogP) is 3.15. The molecule has 20 heavy (non-hydrogen) atoms. The van der Waals surface area contributed by atoms with Crippen LogP contribution in [0.15, 0.2) is 12.1 Å². The smallest absolute Gasteiger partial charge is 0.337 e. The van der Waals surface area contributed by atoms with Gasteiger partial charge >= 0.3 is 5.97 Å². The SMILES string of the molecule is CC(C)(N)CCC(=O)Nc1c(Cl)cc(Cl)cc1C(=O)O. The molecule has 1 rings (SSSR count). The molecule has 0 saturated carbocycles. The number of carboxylic acids is 1. The third-order valence-electron chi connectivity index (χ3n) is 2.55. The molecule has 1 aromatic carbocycles. The van der Waals surface area contributed by atoms with E-state index < -0.39 is 11.5 Å². The summed E-state index contributed by atoms with van der Waals surface area (Å²) >= 11 is 11.7. The van der Waals surface area contributed by atoms with Crippen molar-refractivity contribution in [1.82, 2.24) is 0 Å². The van der Waals surface area contributed by atoms with E-state index in [0.717, 1.165) is 0 Å². The van der Waals surface area contributed by atoms with Crippen LogP contribution in [0.1, 0.15) is 37.0 Å². The van der Waals surface area contributed by atoms with Gasteiger partial charge in [0.1, 0.15) is 0 Å². The van der Waals surface area contributed by atoms with Gasteiger partial charge in [-0.2, -0.15) is 0 Å². The van der Waals surface area contributed by atoms with Crippen LogP contribution in [-0.2, 0) is 4.79 Å². The molecule has 0 aliphatic carbocycles. The highest BCUT2D eigenvalue weighted by Gasteiger charge is 2.19.